The van der Waals surface area contributed by atoms with Gasteiger partial charge in [0.2, 0.25) is 5.91 Å². The Morgan fingerprint density at radius 3 is 2.81 bits per heavy atom. The number of hydrogen-bond donors (Lipinski definition) is 2. The zero-order chi connectivity index (χ0) is 15.2. The first-order chi connectivity index (χ1) is 10.0. The lowest BCUT2D eigenvalue weighted by molar-refractivity contribution is -0.137. The van der Waals surface area contributed by atoms with Gasteiger partial charge in [-0.1, -0.05) is 0 Å². The van der Waals surface area contributed by atoms with Crippen LogP contribution in [0.2, 0.25) is 0 Å². The van der Waals surface area contributed by atoms with Gasteiger partial charge in [-0.15, -0.1) is 11.3 Å². The molecule has 7 heteroatoms. The van der Waals surface area contributed by atoms with E-state index in [4.69, 9.17) is 5.11 Å². The fraction of sp³-hybridized carbons (Fsp3) is 0.643. The highest BCUT2D eigenvalue weighted by atomic mass is 32.1. The molecule has 0 aromatic carbocycles. The SMILES string of the molecule is CC(=O)Nc1nc(CN2CCC(CCC(=O)O)CC2)cs1. The smallest absolute Gasteiger partial charge is 0.303 e. The molecule has 2 rings (SSSR count). The summed E-state index contributed by atoms with van der Waals surface area (Å²) in [7, 11) is 0. The van der Waals surface area contributed by atoms with E-state index < -0.39 is 5.97 Å². The molecule has 1 fully saturated rings. The molecule has 1 aromatic rings. The molecule has 0 bridgehead atoms. The van der Waals surface area contributed by atoms with Crippen LogP contribution in [0.1, 0.15) is 38.3 Å². The molecule has 0 spiro atoms. The molecule has 1 aliphatic heterocycles. The molecular weight excluding hydrogens is 290 g/mol. The predicted octanol–water partition coefficient (Wildman–Crippen LogP) is 2.18. The maximum absolute atomic E-state index is 11.0. The van der Waals surface area contributed by atoms with Gasteiger partial charge in [-0.05, 0) is 38.3 Å². The lowest BCUT2D eigenvalue weighted by atomic mass is 9.92. The molecule has 1 amide bonds. The van der Waals surface area contributed by atoms with Crippen LogP contribution in [0.15, 0.2) is 5.38 Å². The Morgan fingerprint density at radius 1 is 1.48 bits per heavy atom. The molecule has 0 aliphatic carbocycles. The van der Waals surface area contributed by atoms with Crippen molar-refractivity contribution in [3.63, 3.8) is 0 Å². The van der Waals surface area contributed by atoms with Gasteiger partial charge in [0.05, 0.1) is 5.69 Å². The molecule has 1 aliphatic rings. The minimum absolute atomic E-state index is 0.102. The van der Waals surface area contributed by atoms with E-state index in [9.17, 15) is 9.59 Å². The number of anilines is 1. The predicted molar refractivity (Wildman–Crippen MR) is 81.3 cm³/mol. The number of piperidine rings is 1. The molecule has 2 heterocycles. The number of amides is 1. The summed E-state index contributed by atoms with van der Waals surface area (Å²) < 4.78 is 0. The van der Waals surface area contributed by atoms with Crippen molar-refractivity contribution in [2.45, 2.75) is 39.2 Å². The quantitative estimate of drug-likeness (QED) is 0.841. The van der Waals surface area contributed by atoms with Crippen LogP contribution < -0.4 is 5.32 Å². The number of carboxylic acids is 1. The number of rotatable bonds is 6. The number of aliphatic carboxylic acids is 1. The van der Waals surface area contributed by atoms with Crippen LogP contribution >= 0.6 is 11.3 Å². The van der Waals surface area contributed by atoms with Gasteiger partial charge in [-0.2, -0.15) is 0 Å². The highest BCUT2D eigenvalue weighted by Crippen LogP contribution is 2.24. The first-order valence-electron chi connectivity index (χ1n) is 7.19. The highest BCUT2D eigenvalue weighted by molar-refractivity contribution is 7.13. The molecule has 0 radical (unpaired) electrons. The second-order valence-electron chi connectivity index (χ2n) is 5.48. The Bertz CT molecular complexity index is 495. The topological polar surface area (TPSA) is 82.5 Å². The normalized spacial score (nSPS) is 16.8. The van der Waals surface area contributed by atoms with E-state index in [1.165, 1.54) is 18.3 Å². The summed E-state index contributed by atoms with van der Waals surface area (Å²) in [5.74, 6) is -0.275. The number of nitrogens with one attached hydrogen (secondary N) is 1. The third-order valence-electron chi connectivity index (χ3n) is 3.69. The van der Waals surface area contributed by atoms with E-state index in [2.05, 4.69) is 15.2 Å². The molecule has 0 saturated carbocycles. The summed E-state index contributed by atoms with van der Waals surface area (Å²) in [5, 5.41) is 14.0. The summed E-state index contributed by atoms with van der Waals surface area (Å²) in [6, 6.07) is 0. The Morgan fingerprint density at radius 2 is 2.19 bits per heavy atom. The summed E-state index contributed by atoms with van der Waals surface area (Å²) >= 11 is 1.44. The third kappa shape index (κ3) is 5.43. The van der Waals surface area contributed by atoms with Gasteiger partial charge in [0, 0.05) is 25.3 Å². The average Bonchev–Trinajstić information content (AvgIpc) is 2.84. The van der Waals surface area contributed by atoms with E-state index in [1.807, 2.05) is 5.38 Å². The highest BCUT2D eigenvalue weighted by Gasteiger charge is 2.20. The summed E-state index contributed by atoms with van der Waals surface area (Å²) in [6.45, 7) is 4.24. The largest absolute Gasteiger partial charge is 0.481 e. The molecule has 116 valence electrons. The van der Waals surface area contributed by atoms with Gasteiger partial charge >= 0.3 is 5.97 Å². The second-order valence-corrected chi connectivity index (χ2v) is 6.34. The fourth-order valence-electron chi connectivity index (χ4n) is 2.58. The first kappa shape index (κ1) is 15.9. The first-order valence-corrected chi connectivity index (χ1v) is 8.07. The lowest BCUT2D eigenvalue weighted by Crippen LogP contribution is -2.33. The van der Waals surface area contributed by atoms with Crippen LogP contribution in [0.5, 0.6) is 0 Å². The maximum atomic E-state index is 11.0. The van der Waals surface area contributed by atoms with Crippen LogP contribution in [0, 0.1) is 5.92 Å². The molecule has 2 N–H and O–H groups in total. The van der Waals surface area contributed by atoms with Crippen molar-refractivity contribution >= 4 is 28.3 Å². The zero-order valence-corrected chi connectivity index (χ0v) is 13.0. The van der Waals surface area contributed by atoms with E-state index >= 15 is 0 Å². The number of likely N-dealkylation sites (tertiary alicyclic amines) is 1. The molecule has 0 unspecified atom stereocenters. The van der Waals surface area contributed by atoms with Gasteiger partial charge < -0.3 is 10.4 Å². The van der Waals surface area contributed by atoms with Gasteiger partial charge in [0.1, 0.15) is 0 Å². The van der Waals surface area contributed by atoms with Gasteiger partial charge in [-0.3, -0.25) is 14.5 Å². The minimum atomic E-state index is -0.703. The molecule has 6 nitrogen and oxygen atoms in total. The van der Waals surface area contributed by atoms with Crippen LogP contribution in [-0.4, -0.2) is 40.0 Å². The van der Waals surface area contributed by atoms with E-state index in [-0.39, 0.29) is 12.3 Å². The molecule has 1 saturated heterocycles. The summed E-state index contributed by atoms with van der Waals surface area (Å²) in [5.41, 5.74) is 0.979. The Balaban J connectivity index is 1.74. The molecular formula is C14H21N3O3S. The van der Waals surface area contributed by atoms with Crippen LogP contribution in [-0.2, 0) is 16.1 Å². The Labute approximate surface area is 128 Å². The number of thiazole rings is 1. The molecule has 1 aromatic heterocycles. The number of aromatic nitrogens is 1. The number of nitrogens with zero attached hydrogens (tertiary/aromatic N) is 2. The van der Waals surface area contributed by atoms with E-state index in [0.29, 0.717) is 11.0 Å². The van der Waals surface area contributed by atoms with Crippen molar-refractivity contribution in [2.75, 3.05) is 18.4 Å². The van der Waals surface area contributed by atoms with Crippen molar-refractivity contribution in [3.8, 4) is 0 Å². The average molecular weight is 311 g/mol. The Hall–Kier alpha value is -1.47. The van der Waals surface area contributed by atoms with Gasteiger partial charge in [0.15, 0.2) is 5.13 Å². The van der Waals surface area contributed by atoms with Crippen molar-refractivity contribution in [1.82, 2.24) is 9.88 Å². The fourth-order valence-corrected chi connectivity index (χ4v) is 3.33. The summed E-state index contributed by atoms with van der Waals surface area (Å²) in [6.07, 6.45) is 3.16. The van der Waals surface area contributed by atoms with Crippen LogP contribution in [0.3, 0.4) is 0 Å². The monoisotopic (exact) mass is 311 g/mol. The van der Waals surface area contributed by atoms with Gasteiger partial charge in [0.25, 0.3) is 0 Å². The molecule has 0 atom stereocenters. The van der Waals surface area contributed by atoms with Crippen molar-refractivity contribution in [1.29, 1.82) is 0 Å². The maximum Gasteiger partial charge on any atom is 0.303 e. The van der Waals surface area contributed by atoms with Crippen LogP contribution in [0.25, 0.3) is 0 Å². The zero-order valence-electron chi connectivity index (χ0n) is 12.2. The van der Waals surface area contributed by atoms with Crippen molar-refractivity contribution < 1.29 is 14.7 Å². The van der Waals surface area contributed by atoms with Gasteiger partial charge in [-0.25, -0.2) is 4.98 Å². The lowest BCUT2D eigenvalue weighted by Gasteiger charge is -2.31. The molecule has 21 heavy (non-hydrogen) atoms. The standard InChI is InChI=1S/C14H21N3O3S/c1-10(18)15-14-16-12(9-21-14)8-17-6-4-11(5-7-17)2-3-13(19)20/h9,11H,2-8H2,1H3,(H,19,20)(H,15,16,18). The third-order valence-corrected chi connectivity index (χ3v) is 4.50. The summed E-state index contributed by atoms with van der Waals surface area (Å²) in [4.78, 5) is 28.3. The number of carbonyl (C=O) groups excluding carboxylic acids is 1. The number of hydrogen-bond acceptors (Lipinski definition) is 5. The van der Waals surface area contributed by atoms with Crippen LogP contribution in [0.4, 0.5) is 5.13 Å². The van der Waals surface area contributed by atoms with E-state index in [1.54, 1.807) is 0 Å². The van der Waals surface area contributed by atoms with E-state index in [0.717, 1.165) is 44.6 Å². The Kier molecular flexibility index (Phi) is 5.69. The minimum Gasteiger partial charge on any atom is -0.481 e. The number of carbonyl (C=O) groups is 2. The van der Waals surface area contributed by atoms with Crippen molar-refractivity contribution in [3.05, 3.63) is 11.1 Å². The van der Waals surface area contributed by atoms with Crippen molar-refractivity contribution in [2.24, 2.45) is 5.92 Å². The number of carboxylic acid groups (broad SMARTS) is 1. The second kappa shape index (κ2) is 7.51.